The second-order valence-electron chi connectivity index (χ2n) is 12.5. The molecule has 1 aromatic heterocycles. The molecule has 0 fully saturated rings. The van der Waals surface area contributed by atoms with Gasteiger partial charge in [0.25, 0.3) is 5.66 Å². The molecule has 0 amide bonds. The Balaban J connectivity index is 0. The molecule has 0 aliphatic rings. The van der Waals surface area contributed by atoms with E-state index in [1.165, 1.54) is 89.2 Å². The fraction of sp³-hybridized carbons (Fsp3) is 0.683. The Kier molecular flexibility index (Phi) is 30.4. The molecule has 0 bridgehead atoms. The zero-order chi connectivity index (χ0) is 36.1. The molecule has 2 unspecified atom stereocenters. The van der Waals surface area contributed by atoms with Gasteiger partial charge in [0.15, 0.2) is 0 Å². The van der Waals surface area contributed by atoms with Crippen molar-refractivity contribution in [1.82, 2.24) is 9.78 Å². The molecule has 272 valence electrons. The van der Waals surface area contributed by atoms with Crippen LogP contribution in [-0.4, -0.2) is 23.0 Å². The number of aryl methyl sites for hydroxylation is 2. The highest BCUT2D eigenvalue weighted by molar-refractivity contribution is 7.17. The lowest BCUT2D eigenvalue weighted by molar-refractivity contribution is 0.104. The summed E-state index contributed by atoms with van der Waals surface area (Å²) >= 11 is 0. The highest BCUT2D eigenvalue weighted by atomic mass is 31.0. The van der Waals surface area contributed by atoms with Gasteiger partial charge in [-0.05, 0) is 67.6 Å². The van der Waals surface area contributed by atoms with Gasteiger partial charge in [-0.15, -0.1) is 0 Å². The molecule has 0 N–H and O–H groups in total. The van der Waals surface area contributed by atoms with Gasteiger partial charge in [0.1, 0.15) is 0 Å². The van der Waals surface area contributed by atoms with E-state index >= 15 is 0 Å². The van der Waals surface area contributed by atoms with Crippen LogP contribution in [0.5, 0.6) is 0 Å². The molecule has 3 aromatic rings. The van der Waals surface area contributed by atoms with E-state index in [1.807, 2.05) is 42.8 Å². The normalized spacial score (nSPS) is 11.2. The molecule has 0 radical (unpaired) electrons. The number of nitrogens with zero attached hydrogens (tertiary/aromatic N) is 2. The maximum atomic E-state index is 13.3. The van der Waals surface area contributed by atoms with Crippen molar-refractivity contribution in [3.8, 4) is 5.69 Å². The van der Waals surface area contributed by atoms with Crippen molar-refractivity contribution >= 4 is 20.0 Å². The van der Waals surface area contributed by atoms with Gasteiger partial charge in [0, 0.05) is 24.5 Å². The van der Waals surface area contributed by atoms with Gasteiger partial charge in [0.05, 0.1) is 11.4 Å². The predicted octanol–water partition coefficient (Wildman–Crippen LogP) is 14.4. The number of rotatable bonds is 15. The second-order valence-corrected chi connectivity index (χ2v) is 13.3. The highest BCUT2D eigenvalue weighted by Crippen LogP contribution is 2.36. The van der Waals surface area contributed by atoms with E-state index in [0.717, 1.165) is 53.4 Å². The molecule has 0 spiro atoms. The molecule has 3 nitrogen and oxygen atoms in total. The molecule has 47 heavy (non-hydrogen) atoms. The van der Waals surface area contributed by atoms with Gasteiger partial charge in [-0.1, -0.05) is 160 Å². The summed E-state index contributed by atoms with van der Waals surface area (Å²) in [5.74, 6) is 0.955. The minimum absolute atomic E-state index is 0.00105. The van der Waals surface area contributed by atoms with E-state index in [4.69, 9.17) is 4.74 Å². The zero-order valence-corrected chi connectivity index (χ0v) is 33.5. The first-order chi connectivity index (χ1) is 22.4. The quantitative estimate of drug-likeness (QED) is 0.118. The fourth-order valence-electron chi connectivity index (χ4n) is 4.11. The molecule has 1 heterocycles. The summed E-state index contributed by atoms with van der Waals surface area (Å²) in [5, 5.41) is 6.14. The number of hydrogen-bond acceptors (Lipinski definition) is 2. The summed E-state index contributed by atoms with van der Waals surface area (Å²) in [6.07, 6.45) is 17.3. The van der Waals surface area contributed by atoms with Crippen molar-refractivity contribution in [3.05, 3.63) is 59.4 Å². The van der Waals surface area contributed by atoms with Crippen molar-refractivity contribution in [2.75, 3.05) is 13.2 Å². The maximum Gasteiger partial charge on any atom is 0.283 e. The van der Waals surface area contributed by atoms with Gasteiger partial charge in [0.2, 0.25) is 0 Å². The molecule has 2 atom stereocenters. The first kappa shape index (κ1) is 47.3. The second kappa shape index (κ2) is 30.2. The van der Waals surface area contributed by atoms with E-state index < -0.39 is 5.66 Å². The van der Waals surface area contributed by atoms with Gasteiger partial charge in [-0.25, -0.2) is 4.68 Å². The number of unbranched alkanes of at least 4 members (excludes halogenated alkanes) is 6. The van der Waals surface area contributed by atoms with E-state index in [0.29, 0.717) is 0 Å². The first-order valence-corrected chi connectivity index (χ1v) is 19.3. The number of alkyl halides is 2. The van der Waals surface area contributed by atoms with Crippen molar-refractivity contribution in [2.45, 2.75) is 165 Å². The van der Waals surface area contributed by atoms with Crippen molar-refractivity contribution < 1.29 is 13.5 Å². The van der Waals surface area contributed by atoms with Crippen molar-refractivity contribution in [3.63, 3.8) is 0 Å². The minimum Gasteiger partial charge on any atom is -0.381 e. The summed E-state index contributed by atoms with van der Waals surface area (Å²) in [4.78, 5) is 0. The third-order valence-electron chi connectivity index (χ3n) is 7.70. The van der Waals surface area contributed by atoms with E-state index in [9.17, 15) is 8.78 Å². The summed E-state index contributed by atoms with van der Waals surface area (Å²) in [6.45, 7) is 25.8. The monoisotopic (exact) mass is 679 g/mol. The molecule has 6 heteroatoms. The average molecular weight is 679 g/mol. The van der Waals surface area contributed by atoms with Crippen LogP contribution in [0.1, 0.15) is 163 Å². The minimum atomic E-state index is -2.90. The third-order valence-corrected chi connectivity index (χ3v) is 8.03. The third kappa shape index (κ3) is 24.0. The molecular formula is C41H73F2N2OP. The van der Waals surface area contributed by atoms with Crippen LogP contribution in [0.15, 0.2) is 42.5 Å². The summed E-state index contributed by atoms with van der Waals surface area (Å²) in [7, 11) is 1.57. The summed E-state index contributed by atoms with van der Waals surface area (Å²) < 4.78 is 33.8. The van der Waals surface area contributed by atoms with E-state index in [2.05, 4.69) is 67.4 Å². The standard InChI is InChI=1S/C16H15F2N2P.C9H20.C8H18O.2C4H10/c1-10-7-11(2)20(19-10)15-6-4-12-8-14(16(17,18)21)5-3-13(12)9-15;1-4-6-7-8-9(3)5-2;1-3-5-6-8-9-7-4-2;2*1-3-4-2/h3-9H,21H2,1-2H3;9H,4-8H2,1-3H3;3-8H2,1-2H3;2*3-4H2,1-2H3. The number of halogens is 2. The van der Waals surface area contributed by atoms with Crippen LogP contribution in [0.2, 0.25) is 0 Å². The Bertz CT molecular complexity index is 1110. The van der Waals surface area contributed by atoms with Crippen LogP contribution >= 0.6 is 9.24 Å². The van der Waals surface area contributed by atoms with Crippen LogP contribution in [0.25, 0.3) is 16.5 Å². The first-order valence-electron chi connectivity index (χ1n) is 18.7. The predicted molar refractivity (Wildman–Crippen MR) is 210 cm³/mol. The van der Waals surface area contributed by atoms with Crippen molar-refractivity contribution in [2.24, 2.45) is 5.92 Å². The Morgan fingerprint density at radius 2 is 1.26 bits per heavy atom. The lowest BCUT2D eigenvalue weighted by Gasteiger charge is -2.12. The lowest BCUT2D eigenvalue weighted by Crippen LogP contribution is -2.02. The smallest absolute Gasteiger partial charge is 0.283 e. The average Bonchev–Trinajstić information content (AvgIpc) is 3.41. The topological polar surface area (TPSA) is 27.1 Å². The number of fused-ring (bicyclic) bond motifs is 1. The van der Waals surface area contributed by atoms with E-state index in [1.54, 1.807) is 15.3 Å². The van der Waals surface area contributed by atoms with Crippen LogP contribution in [0, 0.1) is 19.8 Å². The molecule has 0 aliphatic heterocycles. The van der Waals surface area contributed by atoms with Crippen LogP contribution < -0.4 is 0 Å². The molecule has 0 aliphatic carbocycles. The molecule has 2 aromatic carbocycles. The van der Waals surface area contributed by atoms with Gasteiger partial charge in [-0.3, -0.25) is 0 Å². The Hall–Kier alpha value is -1.84. The number of aromatic nitrogens is 2. The van der Waals surface area contributed by atoms with Gasteiger partial charge >= 0.3 is 0 Å². The van der Waals surface area contributed by atoms with Crippen molar-refractivity contribution in [1.29, 1.82) is 0 Å². The van der Waals surface area contributed by atoms with Crippen LogP contribution in [0.3, 0.4) is 0 Å². The lowest BCUT2D eigenvalue weighted by atomic mass is 10.0. The van der Waals surface area contributed by atoms with Crippen LogP contribution in [-0.2, 0) is 10.4 Å². The molecule has 3 rings (SSSR count). The van der Waals surface area contributed by atoms with Gasteiger partial charge < -0.3 is 4.74 Å². The highest BCUT2D eigenvalue weighted by Gasteiger charge is 2.24. The van der Waals surface area contributed by atoms with Crippen LogP contribution in [0.4, 0.5) is 8.78 Å². The largest absolute Gasteiger partial charge is 0.381 e. The SMILES string of the molecule is CCCC.CCCC.CCCCCC(C)CC.CCCCCOCCC.Cc1cc(C)n(-c2ccc3cc(C(F)(F)P)ccc3c2)n1. The maximum absolute atomic E-state index is 13.3. The summed E-state index contributed by atoms with van der Waals surface area (Å²) in [6, 6.07) is 12.4. The molecular weight excluding hydrogens is 605 g/mol. The Morgan fingerprint density at radius 1 is 0.702 bits per heavy atom. The number of hydrogen-bond donors (Lipinski definition) is 0. The molecule has 0 saturated carbocycles. The fourth-order valence-corrected chi connectivity index (χ4v) is 4.29. The van der Waals surface area contributed by atoms with Gasteiger partial charge in [-0.2, -0.15) is 13.9 Å². The Morgan fingerprint density at radius 3 is 1.72 bits per heavy atom. The summed E-state index contributed by atoms with van der Waals surface area (Å²) in [5.41, 5.74) is 0.0191. The Labute approximate surface area is 292 Å². The zero-order valence-electron chi connectivity index (χ0n) is 32.4. The number of benzene rings is 2. The van der Waals surface area contributed by atoms with E-state index in [-0.39, 0.29) is 5.56 Å². The molecule has 0 saturated heterocycles. The number of ether oxygens (including phenoxy) is 1.